The molecular formula is C4H7N5. The van der Waals surface area contributed by atoms with Gasteiger partial charge in [0.15, 0.2) is 5.82 Å². The van der Waals surface area contributed by atoms with E-state index in [2.05, 4.69) is 21.0 Å². The molecular weight excluding hydrogens is 118 g/mol. The van der Waals surface area contributed by atoms with Gasteiger partial charge in [0.25, 0.3) is 0 Å². The number of aryl methyl sites for hydroxylation is 1. The van der Waals surface area contributed by atoms with E-state index in [1.165, 1.54) is 0 Å². The Morgan fingerprint density at radius 1 is 1.56 bits per heavy atom. The number of nitrogens with one attached hydrogen (secondary N) is 1. The van der Waals surface area contributed by atoms with Crippen LogP contribution in [0.25, 0.3) is 0 Å². The lowest BCUT2D eigenvalue weighted by Crippen LogP contribution is -2.25. The fourth-order valence-electron chi connectivity index (χ4n) is 0.916. The Labute approximate surface area is 52.0 Å². The summed E-state index contributed by atoms with van der Waals surface area (Å²) >= 11 is 0. The number of nitrogens with zero attached hydrogens (tertiary/aromatic N) is 4. The molecule has 2 rings (SSSR count). The molecule has 0 saturated heterocycles. The Bertz CT molecular complexity index is 184. The zero-order valence-electron chi connectivity index (χ0n) is 4.91. The van der Waals surface area contributed by atoms with Crippen molar-refractivity contribution in [2.45, 2.75) is 12.8 Å². The molecule has 9 heavy (non-hydrogen) atoms. The summed E-state index contributed by atoms with van der Waals surface area (Å²) in [5.41, 5.74) is 3.02. The summed E-state index contributed by atoms with van der Waals surface area (Å²) in [5, 5.41) is 11.0. The zero-order valence-corrected chi connectivity index (χ0v) is 4.91. The van der Waals surface area contributed by atoms with E-state index in [0.717, 1.165) is 25.2 Å². The highest BCUT2D eigenvalue weighted by Gasteiger charge is 2.08. The topological polar surface area (TPSA) is 55.6 Å². The molecule has 48 valence electrons. The highest BCUT2D eigenvalue weighted by Crippen LogP contribution is 1.99. The molecule has 0 fully saturated rings. The third kappa shape index (κ3) is 0.647. The van der Waals surface area contributed by atoms with E-state index in [1.807, 2.05) is 0 Å². The molecule has 0 saturated carbocycles. The van der Waals surface area contributed by atoms with Crippen LogP contribution < -0.4 is 5.43 Å². The molecule has 1 N–H and O–H groups in total. The molecule has 1 aromatic rings. The first-order valence-electron chi connectivity index (χ1n) is 2.98. The quantitative estimate of drug-likeness (QED) is 0.491. The van der Waals surface area contributed by atoms with Crippen LogP contribution in [-0.4, -0.2) is 26.9 Å². The number of aromatic nitrogens is 4. The first-order chi connectivity index (χ1) is 4.47. The van der Waals surface area contributed by atoms with E-state index in [1.54, 1.807) is 4.79 Å². The van der Waals surface area contributed by atoms with Gasteiger partial charge in [0.05, 0.1) is 0 Å². The van der Waals surface area contributed by atoms with Gasteiger partial charge >= 0.3 is 0 Å². The molecule has 0 atom stereocenters. The van der Waals surface area contributed by atoms with Crippen molar-refractivity contribution in [2.24, 2.45) is 0 Å². The molecule has 5 heteroatoms. The van der Waals surface area contributed by atoms with Crippen LogP contribution in [0.3, 0.4) is 0 Å². The summed E-state index contributed by atoms with van der Waals surface area (Å²) in [6, 6.07) is 0. The minimum atomic E-state index is 0.932. The molecule has 0 spiro atoms. The maximum absolute atomic E-state index is 3.80. The van der Waals surface area contributed by atoms with Gasteiger partial charge in [-0.2, -0.15) is 0 Å². The van der Waals surface area contributed by atoms with Crippen LogP contribution in [0.2, 0.25) is 0 Å². The average Bonchev–Trinajstić information content (AvgIpc) is 2.33. The van der Waals surface area contributed by atoms with Crippen LogP contribution >= 0.6 is 0 Å². The molecule has 1 aromatic heterocycles. The number of hydrogen-bond donors (Lipinski definition) is 1. The van der Waals surface area contributed by atoms with Crippen LogP contribution in [0.4, 0.5) is 0 Å². The van der Waals surface area contributed by atoms with Crippen molar-refractivity contribution in [3.8, 4) is 0 Å². The maximum atomic E-state index is 3.80. The molecule has 0 aromatic carbocycles. The number of fused-ring (bicyclic) bond motifs is 1. The second-order valence-electron chi connectivity index (χ2n) is 2.02. The average molecular weight is 125 g/mol. The molecule has 5 nitrogen and oxygen atoms in total. The molecule has 0 aliphatic carbocycles. The monoisotopic (exact) mass is 125 g/mol. The Morgan fingerprint density at radius 3 is 3.44 bits per heavy atom. The Hall–Kier alpha value is -1.13. The van der Waals surface area contributed by atoms with Crippen LogP contribution in [0.1, 0.15) is 12.2 Å². The van der Waals surface area contributed by atoms with Crippen molar-refractivity contribution in [1.82, 2.24) is 20.3 Å². The molecule has 2 heterocycles. The fraction of sp³-hybridized carbons (Fsp3) is 0.750. The lowest BCUT2D eigenvalue weighted by Gasteiger charge is -2.11. The molecule has 0 amide bonds. The summed E-state index contributed by atoms with van der Waals surface area (Å²) in [5.74, 6) is 0.932. The second-order valence-corrected chi connectivity index (χ2v) is 2.02. The summed E-state index contributed by atoms with van der Waals surface area (Å²) in [6.07, 6.45) is 2.11. The van der Waals surface area contributed by atoms with E-state index >= 15 is 0 Å². The third-order valence-electron chi connectivity index (χ3n) is 1.37. The van der Waals surface area contributed by atoms with Gasteiger partial charge in [0, 0.05) is 13.0 Å². The van der Waals surface area contributed by atoms with Crippen LogP contribution in [0.15, 0.2) is 0 Å². The standard InChI is InChI=1S/C4H7N5/c1-2-4-6-7-8-9(4)5-3-1/h5H,1-3H2. The predicted octanol–water partition coefficient (Wildman–Crippen LogP) is -0.837. The molecule has 1 aliphatic heterocycles. The summed E-state index contributed by atoms with van der Waals surface area (Å²) < 4.78 is 0. The zero-order chi connectivity index (χ0) is 6.10. The molecule has 0 radical (unpaired) electrons. The summed E-state index contributed by atoms with van der Waals surface area (Å²) in [4.78, 5) is 1.63. The normalized spacial score (nSPS) is 16.4. The highest BCUT2D eigenvalue weighted by atomic mass is 15.7. The van der Waals surface area contributed by atoms with Crippen molar-refractivity contribution in [1.29, 1.82) is 0 Å². The van der Waals surface area contributed by atoms with E-state index in [4.69, 9.17) is 0 Å². The van der Waals surface area contributed by atoms with Gasteiger partial charge < -0.3 is 5.43 Å². The van der Waals surface area contributed by atoms with Crippen LogP contribution in [0, 0.1) is 0 Å². The smallest absolute Gasteiger partial charge is 0.174 e. The van der Waals surface area contributed by atoms with Crippen molar-refractivity contribution < 1.29 is 0 Å². The van der Waals surface area contributed by atoms with Crippen molar-refractivity contribution in [3.63, 3.8) is 0 Å². The van der Waals surface area contributed by atoms with Crippen molar-refractivity contribution in [3.05, 3.63) is 5.82 Å². The molecule has 1 aliphatic rings. The molecule has 0 bridgehead atoms. The largest absolute Gasteiger partial charge is 0.307 e. The van der Waals surface area contributed by atoms with Crippen molar-refractivity contribution in [2.75, 3.05) is 12.0 Å². The minimum absolute atomic E-state index is 0.932. The fourth-order valence-corrected chi connectivity index (χ4v) is 0.916. The highest BCUT2D eigenvalue weighted by molar-refractivity contribution is 4.89. The Balaban J connectivity index is 2.39. The van der Waals surface area contributed by atoms with E-state index < -0.39 is 0 Å². The SMILES string of the molecule is C1CNn2nnnc2C1. The van der Waals surface area contributed by atoms with E-state index in [9.17, 15) is 0 Å². The number of tetrazole rings is 1. The first-order valence-corrected chi connectivity index (χ1v) is 2.98. The third-order valence-corrected chi connectivity index (χ3v) is 1.37. The maximum Gasteiger partial charge on any atom is 0.174 e. The van der Waals surface area contributed by atoms with Gasteiger partial charge in [-0.05, 0) is 16.8 Å². The van der Waals surface area contributed by atoms with Gasteiger partial charge in [-0.1, -0.05) is 0 Å². The van der Waals surface area contributed by atoms with Gasteiger partial charge in [0.1, 0.15) is 0 Å². The van der Waals surface area contributed by atoms with Gasteiger partial charge in [-0.25, -0.2) is 0 Å². The summed E-state index contributed by atoms with van der Waals surface area (Å²) in [6.45, 7) is 0.970. The van der Waals surface area contributed by atoms with E-state index in [-0.39, 0.29) is 0 Å². The second kappa shape index (κ2) is 1.68. The van der Waals surface area contributed by atoms with Crippen molar-refractivity contribution >= 4 is 0 Å². The predicted molar refractivity (Wildman–Crippen MR) is 30.4 cm³/mol. The molecule has 0 unspecified atom stereocenters. The van der Waals surface area contributed by atoms with Gasteiger partial charge in [0.2, 0.25) is 0 Å². The van der Waals surface area contributed by atoms with Crippen LogP contribution in [0.5, 0.6) is 0 Å². The minimum Gasteiger partial charge on any atom is -0.307 e. The Kier molecular flexibility index (Phi) is 0.881. The lowest BCUT2D eigenvalue weighted by molar-refractivity contribution is 0.591. The Morgan fingerprint density at radius 2 is 2.56 bits per heavy atom. The lowest BCUT2D eigenvalue weighted by atomic mass is 10.3. The first kappa shape index (κ1) is 4.72. The van der Waals surface area contributed by atoms with Crippen LogP contribution in [-0.2, 0) is 6.42 Å². The number of rotatable bonds is 0. The van der Waals surface area contributed by atoms with Gasteiger partial charge in [-0.15, -0.1) is 9.89 Å². The van der Waals surface area contributed by atoms with Gasteiger partial charge in [-0.3, -0.25) is 0 Å². The summed E-state index contributed by atoms with van der Waals surface area (Å²) in [7, 11) is 0. The number of hydrogen-bond acceptors (Lipinski definition) is 4. The van der Waals surface area contributed by atoms with E-state index in [0.29, 0.717) is 0 Å².